The molecule has 1 heterocycles. The Bertz CT molecular complexity index is 582. The molecule has 1 aromatic rings. The molecule has 4 nitrogen and oxygen atoms in total. The summed E-state index contributed by atoms with van der Waals surface area (Å²) >= 11 is 0. The van der Waals surface area contributed by atoms with E-state index in [9.17, 15) is 8.42 Å². The van der Waals surface area contributed by atoms with Gasteiger partial charge in [-0.05, 0) is 54.7 Å². The molecule has 0 unspecified atom stereocenters. The Hall–Kier alpha value is -0.910. The van der Waals surface area contributed by atoms with E-state index in [0.717, 1.165) is 44.5 Å². The number of benzene rings is 1. The van der Waals surface area contributed by atoms with Crippen molar-refractivity contribution in [2.75, 3.05) is 19.8 Å². The molecule has 1 aromatic carbocycles. The highest BCUT2D eigenvalue weighted by atomic mass is 32.2. The van der Waals surface area contributed by atoms with Crippen LogP contribution in [0.4, 0.5) is 0 Å². The molecular weight excluding hydrogens is 310 g/mol. The maximum atomic E-state index is 12.3. The van der Waals surface area contributed by atoms with Crippen molar-refractivity contribution in [2.24, 2.45) is 5.92 Å². The molecule has 0 radical (unpaired) electrons. The van der Waals surface area contributed by atoms with Crippen LogP contribution >= 0.6 is 0 Å². The normalized spacial score (nSPS) is 17.3. The molecular formula is C18H29NO3S. The number of ether oxygens (including phenoxy) is 1. The Labute approximate surface area is 140 Å². The lowest BCUT2D eigenvalue weighted by molar-refractivity contribution is 0.0634. The maximum absolute atomic E-state index is 12.3. The van der Waals surface area contributed by atoms with E-state index in [4.69, 9.17) is 4.74 Å². The molecule has 1 saturated heterocycles. The van der Waals surface area contributed by atoms with Crippen LogP contribution in [-0.4, -0.2) is 28.2 Å². The number of sulfonamides is 1. The van der Waals surface area contributed by atoms with E-state index in [1.807, 2.05) is 12.1 Å². The molecule has 2 rings (SSSR count). The average molecular weight is 340 g/mol. The third-order valence-corrected chi connectivity index (χ3v) is 5.93. The fourth-order valence-electron chi connectivity index (χ4n) is 2.85. The van der Waals surface area contributed by atoms with Gasteiger partial charge in [-0.3, -0.25) is 0 Å². The second kappa shape index (κ2) is 7.77. The van der Waals surface area contributed by atoms with Crippen LogP contribution in [0.2, 0.25) is 0 Å². The van der Waals surface area contributed by atoms with Crippen LogP contribution in [0.5, 0.6) is 0 Å². The summed E-state index contributed by atoms with van der Waals surface area (Å²) in [5.74, 6) is 0.680. The zero-order valence-electron chi connectivity index (χ0n) is 14.5. The SMILES string of the molecule is CC(C)(C)c1ccc(S(=O)(=O)NCCCC2CCOCC2)cc1. The second-order valence-corrected chi connectivity index (χ2v) is 9.14. The summed E-state index contributed by atoms with van der Waals surface area (Å²) in [5, 5.41) is 0. The third kappa shape index (κ3) is 5.59. The predicted molar refractivity (Wildman–Crippen MR) is 93.1 cm³/mol. The summed E-state index contributed by atoms with van der Waals surface area (Å²) < 4.78 is 32.7. The highest BCUT2D eigenvalue weighted by Crippen LogP contribution is 2.23. The number of hydrogen-bond acceptors (Lipinski definition) is 3. The maximum Gasteiger partial charge on any atom is 0.240 e. The first kappa shape index (κ1) is 18.4. The standard InChI is InChI=1S/C18H29NO3S/c1-18(2,3)16-6-8-17(9-7-16)23(20,21)19-12-4-5-15-10-13-22-14-11-15/h6-9,15,19H,4-5,10-14H2,1-3H3. The average Bonchev–Trinajstić information content (AvgIpc) is 2.52. The van der Waals surface area contributed by atoms with Gasteiger partial charge in [0.1, 0.15) is 0 Å². The minimum atomic E-state index is -3.40. The zero-order chi connectivity index (χ0) is 16.9. The largest absolute Gasteiger partial charge is 0.381 e. The molecule has 0 aromatic heterocycles. The summed E-state index contributed by atoms with van der Waals surface area (Å²) in [5.41, 5.74) is 1.16. The zero-order valence-corrected chi connectivity index (χ0v) is 15.3. The molecule has 23 heavy (non-hydrogen) atoms. The molecule has 0 spiro atoms. The monoisotopic (exact) mass is 339 g/mol. The van der Waals surface area contributed by atoms with E-state index in [0.29, 0.717) is 17.4 Å². The van der Waals surface area contributed by atoms with Crippen molar-refractivity contribution in [2.45, 2.75) is 56.8 Å². The summed E-state index contributed by atoms with van der Waals surface area (Å²) in [6, 6.07) is 7.19. The number of hydrogen-bond donors (Lipinski definition) is 1. The molecule has 0 saturated carbocycles. The minimum Gasteiger partial charge on any atom is -0.381 e. The lowest BCUT2D eigenvalue weighted by atomic mass is 9.87. The molecule has 0 aliphatic carbocycles. The molecule has 1 fully saturated rings. The Morgan fingerprint density at radius 2 is 1.74 bits per heavy atom. The summed E-state index contributed by atoms with van der Waals surface area (Å²) in [4.78, 5) is 0.344. The first-order valence-electron chi connectivity index (χ1n) is 8.47. The van der Waals surface area contributed by atoms with Crippen molar-refractivity contribution in [3.8, 4) is 0 Å². The van der Waals surface area contributed by atoms with Crippen LogP contribution in [-0.2, 0) is 20.2 Å². The summed E-state index contributed by atoms with van der Waals surface area (Å²) in [7, 11) is -3.40. The molecule has 0 amide bonds. The number of rotatable bonds is 6. The fraction of sp³-hybridized carbons (Fsp3) is 0.667. The molecule has 1 aliphatic rings. The van der Waals surface area contributed by atoms with Crippen molar-refractivity contribution < 1.29 is 13.2 Å². The lowest BCUT2D eigenvalue weighted by Crippen LogP contribution is -2.26. The first-order chi connectivity index (χ1) is 10.8. The topological polar surface area (TPSA) is 55.4 Å². The highest BCUT2D eigenvalue weighted by Gasteiger charge is 2.18. The van der Waals surface area contributed by atoms with Crippen molar-refractivity contribution in [1.82, 2.24) is 4.72 Å². The summed E-state index contributed by atoms with van der Waals surface area (Å²) in [6.45, 7) is 8.54. The van der Waals surface area contributed by atoms with Gasteiger partial charge in [0.25, 0.3) is 0 Å². The van der Waals surface area contributed by atoms with Gasteiger partial charge >= 0.3 is 0 Å². The van der Waals surface area contributed by atoms with Gasteiger partial charge in [-0.1, -0.05) is 32.9 Å². The van der Waals surface area contributed by atoms with Gasteiger partial charge in [0.05, 0.1) is 4.90 Å². The van der Waals surface area contributed by atoms with E-state index in [1.165, 1.54) is 0 Å². The highest BCUT2D eigenvalue weighted by molar-refractivity contribution is 7.89. The fourth-order valence-corrected chi connectivity index (χ4v) is 3.92. The lowest BCUT2D eigenvalue weighted by Gasteiger charge is -2.21. The second-order valence-electron chi connectivity index (χ2n) is 7.37. The van der Waals surface area contributed by atoms with E-state index >= 15 is 0 Å². The smallest absolute Gasteiger partial charge is 0.240 e. The quantitative estimate of drug-likeness (QED) is 0.808. The third-order valence-electron chi connectivity index (χ3n) is 4.45. The van der Waals surface area contributed by atoms with E-state index < -0.39 is 10.0 Å². The molecule has 0 bridgehead atoms. The minimum absolute atomic E-state index is 0.0272. The van der Waals surface area contributed by atoms with Gasteiger partial charge in [-0.15, -0.1) is 0 Å². The van der Waals surface area contributed by atoms with E-state index in [1.54, 1.807) is 12.1 Å². The Kier molecular flexibility index (Phi) is 6.23. The number of nitrogens with one attached hydrogen (secondary N) is 1. The van der Waals surface area contributed by atoms with Gasteiger partial charge in [0.2, 0.25) is 10.0 Å². The van der Waals surface area contributed by atoms with Crippen molar-refractivity contribution in [1.29, 1.82) is 0 Å². The van der Waals surface area contributed by atoms with Crippen LogP contribution in [0.3, 0.4) is 0 Å². The van der Waals surface area contributed by atoms with Crippen LogP contribution in [0.1, 0.15) is 52.0 Å². The van der Waals surface area contributed by atoms with Gasteiger partial charge in [-0.2, -0.15) is 0 Å². The molecule has 0 atom stereocenters. The van der Waals surface area contributed by atoms with Gasteiger partial charge in [0.15, 0.2) is 0 Å². The molecule has 1 N–H and O–H groups in total. The van der Waals surface area contributed by atoms with Crippen molar-refractivity contribution >= 4 is 10.0 Å². The van der Waals surface area contributed by atoms with Crippen molar-refractivity contribution in [3.63, 3.8) is 0 Å². The van der Waals surface area contributed by atoms with E-state index in [2.05, 4.69) is 25.5 Å². The molecule has 5 heteroatoms. The molecule has 130 valence electrons. The summed E-state index contributed by atoms with van der Waals surface area (Å²) in [6.07, 6.45) is 4.14. The first-order valence-corrected chi connectivity index (χ1v) is 9.95. The van der Waals surface area contributed by atoms with E-state index in [-0.39, 0.29) is 5.41 Å². The Balaban J connectivity index is 1.83. The van der Waals surface area contributed by atoms with Crippen molar-refractivity contribution in [3.05, 3.63) is 29.8 Å². The van der Waals surface area contributed by atoms with Crippen LogP contribution in [0.25, 0.3) is 0 Å². The Morgan fingerprint density at radius 1 is 1.13 bits per heavy atom. The predicted octanol–water partition coefficient (Wildman–Crippen LogP) is 3.47. The van der Waals surface area contributed by atoms with Crippen LogP contribution < -0.4 is 4.72 Å². The molecule has 1 aliphatic heterocycles. The van der Waals surface area contributed by atoms with Gasteiger partial charge < -0.3 is 4.74 Å². The van der Waals surface area contributed by atoms with Gasteiger partial charge in [-0.25, -0.2) is 13.1 Å². The van der Waals surface area contributed by atoms with Gasteiger partial charge in [0, 0.05) is 19.8 Å². The van der Waals surface area contributed by atoms with Crippen LogP contribution in [0, 0.1) is 5.92 Å². The Morgan fingerprint density at radius 3 is 2.30 bits per heavy atom. The van der Waals surface area contributed by atoms with Crippen LogP contribution in [0.15, 0.2) is 29.2 Å².